The molecule has 0 aliphatic carbocycles. The third-order valence-electron chi connectivity index (χ3n) is 5.16. The molecule has 1 saturated heterocycles. The Morgan fingerprint density at radius 2 is 1.59 bits per heavy atom. The molecule has 4 rings (SSSR count). The van der Waals surface area contributed by atoms with Gasteiger partial charge in [0, 0.05) is 22.7 Å². The number of carbonyl (C=O) groups is 1. The minimum Gasteiger partial charge on any atom is -0.288 e. The van der Waals surface area contributed by atoms with E-state index in [1.165, 1.54) is 11.8 Å². The van der Waals surface area contributed by atoms with Gasteiger partial charge in [-0.15, -0.1) is 11.8 Å². The lowest BCUT2D eigenvalue weighted by molar-refractivity contribution is -0.117. The van der Waals surface area contributed by atoms with E-state index < -0.39 is 5.37 Å². The van der Waals surface area contributed by atoms with E-state index in [-0.39, 0.29) is 16.7 Å². The monoisotopic (exact) mass is 447 g/mol. The summed E-state index contributed by atoms with van der Waals surface area (Å²) >= 11 is 14.3. The zero-order chi connectivity index (χ0) is 20.9. The Labute approximate surface area is 182 Å². The number of amides is 1. The highest BCUT2D eigenvalue weighted by Gasteiger charge is 2.44. The molecule has 1 aromatic heterocycles. The first kappa shape index (κ1) is 20.1. The van der Waals surface area contributed by atoms with Gasteiger partial charge in [-0.1, -0.05) is 47.5 Å². The first-order chi connectivity index (χ1) is 13.8. The molecule has 3 aromatic rings. The van der Waals surface area contributed by atoms with E-state index in [1.807, 2.05) is 51.2 Å². The van der Waals surface area contributed by atoms with Gasteiger partial charge in [0.25, 0.3) is 5.56 Å². The third-order valence-corrected chi connectivity index (χ3v) is 7.14. The number of benzene rings is 2. The molecule has 2 atom stereocenters. The summed E-state index contributed by atoms with van der Waals surface area (Å²) in [7, 11) is 1.81. The maximum Gasteiger partial charge on any atom is 0.295 e. The Hall–Kier alpha value is -2.15. The quantitative estimate of drug-likeness (QED) is 0.569. The van der Waals surface area contributed by atoms with Gasteiger partial charge in [-0.05, 0) is 38.1 Å². The van der Waals surface area contributed by atoms with Crippen LogP contribution in [-0.2, 0) is 11.8 Å². The van der Waals surface area contributed by atoms with Crippen LogP contribution in [0.15, 0.2) is 53.3 Å². The van der Waals surface area contributed by atoms with Crippen molar-refractivity contribution in [1.29, 1.82) is 0 Å². The summed E-state index contributed by atoms with van der Waals surface area (Å²) in [6.45, 7) is 3.67. The smallest absolute Gasteiger partial charge is 0.288 e. The topological polar surface area (TPSA) is 47.2 Å². The van der Waals surface area contributed by atoms with Gasteiger partial charge in [-0.3, -0.25) is 19.2 Å². The Bertz CT molecular complexity index is 1140. The molecule has 2 aromatic carbocycles. The Kier molecular flexibility index (Phi) is 5.27. The highest BCUT2D eigenvalue weighted by Crippen LogP contribution is 2.49. The molecule has 5 nitrogen and oxygen atoms in total. The van der Waals surface area contributed by atoms with Crippen LogP contribution in [-0.4, -0.2) is 20.5 Å². The van der Waals surface area contributed by atoms with Gasteiger partial charge in [-0.2, -0.15) is 0 Å². The molecule has 29 heavy (non-hydrogen) atoms. The van der Waals surface area contributed by atoms with Gasteiger partial charge < -0.3 is 0 Å². The molecule has 0 N–H and O–H groups in total. The van der Waals surface area contributed by atoms with Crippen LogP contribution < -0.4 is 10.5 Å². The van der Waals surface area contributed by atoms with E-state index in [0.29, 0.717) is 27.0 Å². The molecule has 0 bridgehead atoms. The third kappa shape index (κ3) is 3.19. The molecule has 2 heterocycles. The van der Waals surface area contributed by atoms with E-state index in [4.69, 9.17) is 23.2 Å². The molecular weight excluding hydrogens is 429 g/mol. The minimum absolute atomic E-state index is 0.137. The normalized spacial score (nSPS) is 19.2. The average molecular weight is 448 g/mol. The number of para-hydroxylation sites is 1. The van der Waals surface area contributed by atoms with Crippen molar-refractivity contribution in [2.45, 2.75) is 24.5 Å². The van der Waals surface area contributed by atoms with Crippen molar-refractivity contribution in [3.05, 3.63) is 80.2 Å². The average Bonchev–Trinajstić information content (AvgIpc) is 3.09. The largest absolute Gasteiger partial charge is 0.295 e. The lowest BCUT2D eigenvalue weighted by atomic mass is 10.1. The van der Waals surface area contributed by atoms with Crippen LogP contribution >= 0.6 is 35.0 Å². The molecule has 1 aliphatic rings. The van der Waals surface area contributed by atoms with Crippen LogP contribution in [0.2, 0.25) is 10.0 Å². The fourth-order valence-electron chi connectivity index (χ4n) is 3.63. The van der Waals surface area contributed by atoms with E-state index in [2.05, 4.69) is 0 Å². The van der Waals surface area contributed by atoms with Crippen molar-refractivity contribution in [1.82, 2.24) is 9.36 Å². The first-order valence-corrected chi connectivity index (χ1v) is 10.8. The second kappa shape index (κ2) is 7.59. The molecule has 1 fully saturated rings. The van der Waals surface area contributed by atoms with Crippen molar-refractivity contribution in [3.63, 3.8) is 0 Å². The number of thioether (sulfide) groups is 1. The van der Waals surface area contributed by atoms with Crippen LogP contribution in [0.4, 0.5) is 5.69 Å². The van der Waals surface area contributed by atoms with Gasteiger partial charge in [-0.25, -0.2) is 4.68 Å². The molecule has 0 radical (unpaired) electrons. The Morgan fingerprint density at radius 1 is 0.966 bits per heavy atom. The standard InChI is InChI=1S/C21H19Cl2N3O2S/c1-12-18(20(28)26(24(12)3)14-8-5-4-6-9-14)25-19(27)13(2)29-21(25)17-15(22)10-7-11-16(17)23/h4-11,13,21H,1-3H3/t13-,21-/m0/s1. The van der Waals surface area contributed by atoms with Gasteiger partial charge in [0.15, 0.2) is 0 Å². The minimum atomic E-state index is -0.475. The summed E-state index contributed by atoms with van der Waals surface area (Å²) < 4.78 is 3.33. The summed E-state index contributed by atoms with van der Waals surface area (Å²) in [6.07, 6.45) is 0. The second-order valence-corrected chi connectivity index (χ2v) is 9.12. The predicted molar refractivity (Wildman–Crippen MR) is 119 cm³/mol. The van der Waals surface area contributed by atoms with Crippen molar-refractivity contribution in [3.8, 4) is 5.69 Å². The summed E-state index contributed by atoms with van der Waals surface area (Å²) in [6, 6.07) is 14.6. The maximum absolute atomic E-state index is 13.5. The summed E-state index contributed by atoms with van der Waals surface area (Å²) in [5.41, 5.74) is 2.16. The molecule has 0 saturated carbocycles. The van der Waals surface area contributed by atoms with E-state index >= 15 is 0 Å². The number of hydrogen-bond donors (Lipinski definition) is 0. The zero-order valence-corrected chi connectivity index (χ0v) is 18.4. The summed E-state index contributed by atoms with van der Waals surface area (Å²) in [5.74, 6) is -0.137. The molecule has 8 heteroatoms. The van der Waals surface area contributed by atoms with E-state index in [1.54, 1.807) is 32.5 Å². The molecular formula is C21H19Cl2N3O2S. The van der Waals surface area contributed by atoms with Gasteiger partial charge in [0.05, 0.1) is 16.6 Å². The first-order valence-electron chi connectivity index (χ1n) is 9.09. The van der Waals surface area contributed by atoms with Crippen LogP contribution in [0, 0.1) is 6.92 Å². The molecule has 0 unspecified atom stereocenters. The molecule has 1 amide bonds. The Balaban J connectivity index is 1.93. The molecule has 1 aliphatic heterocycles. The summed E-state index contributed by atoms with van der Waals surface area (Å²) in [4.78, 5) is 28.2. The van der Waals surface area contributed by atoms with Crippen LogP contribution in [0.25, 0.3) is 5.69 Å². The van der Waals surface area contributed by atoms with Crippen molar-refractivity contribution in [2.75, 3.05) is 4.90 Å². The summed E-state index contributed by atoms with van der Waals surface area (Å²) in [5, 5.41) is 0.144. The fourth-order valence-corrected chi connectivity index (χ4v) is 5.70. The van der Waals surface area contributed by atoms with E-state index in [0.717, 1.165) is 5.69 Å². The zero-order valence-electron chi connectivity index (χ0n) is 16.1. The lowest BCUT2D eigenvalue weighted by Gasteiger charge is -2.24. The molecule has 150 valence electrons. The highest BCUT2D eigenvalue weighted by molar-refractivity contribution is 8.01. The van der Waals surface area contributed by atoms with Crippen molar-refractivity contribution in [2.24, 2.45) is 7.05 Å². The lowest BCUT2D eigenvalue weighted by Crippen LogP contribution is -2.34. The number of halogens is 2. The number of rotatable bonds is 3. The Morgan fingerprint density at radius 3 is 2.21 bits per heavy atom. The SMILES string of the molecule is Cc1c(N2C(=O)[C@H](C)S[C@H]2c2c(Cl)cccc2Cl)c(=O)n(-c2ccccc2)n1C. The number of carbonyl (C=O) groups excluding carboxylic acids is 1. The number of aromatic nitrogens is 2. The predicted octanol–water partition coefficient (Wildman–Crippen LogP) is 4.96. The van der Waals surface area contributed by atoms with Gasteiger partial charge >= 0.3 is 0 Å². The van der Waals surface area contributed by atoms with Crippen LogP contribution in [0.5, 0.6) is 0 Å². The number of anilines is 1. The second-order valence-electron chi connectivity index (χ2n) is 6.88. The van der Waals surface area contributed by atoms with Crippen LogP contribution in [0.1, 0.15) is 23.6 Å². The van der Waals surface area contributed by atoms with Crippen LogP contribution in [0.3, 0.4) is 0 Å². The van der Waals surface area contributed by atoms with E-state index in [9.17, 15) is 9.59 Å². The number of hydrogen-bond acceptors (Lipinski definition) is 3. The molecule has 0 spiro atoms. The number of nitrogens with zero attached hydrogens (tertiary/aromatic N) is 3. The fraction of sp³-hybridized carbons (Fsp3) is 0.238. The maximum atomic E-state index is 13.5. The van der Waals surface area contributed by atoms with Crippen molar-refractivity contribution < 1.29 is 4.79 Å². The van der Waals surface area contributed by atoms with Crippen molar-refractivity contribution >= 4 is 46.6 Å². The van der Waals surface area contributed by atoms with Gasteiger partial charge in [0.2, 0.25) is 5.91 Å². The van der Waals surface area contributed by atoms with Gasteiger partial charge in [0.1, 0.15) is 11.1 Å². The highest BCUT2D eigenvalue weighted by atomic mass is 35.5.